The Morgan fingerprint density at radius 2 is 1.45 bits per heavy atom. The van der Waals surface area contributed by atoms with E-state index in [1.54, 1.807) is 53.4 Å². The summed E-state index contributed by atoms with van der Waals surface area (Å²) >= 11 is 8.69. The highest BCUT2D eigenvalue weighted by atomic mass is 35.5. The maximum absolute atomic E-state index is 12.4. The lowest BCUT2D eigenvalue weighted by atomic mass is 10.1. The summed E-state index contributed by atoms with van der Waals surface area (Å²) in [6, 6.07) is 21.0. The molecule has 10 nitrogen and oxygen atoms in total. The molecule has 0 spiro atoms. The second kappa shape index (κ2) is 13.9. The molecule has 0 bridgehead atoms. The van der Waals surface area contributed by atoms with Gasteiger partial charge in [0, 0.05) is 34.5 Å². The number of rotatable bonds is 9. The second-order valence-electron chi connectivity index (χ2n) is 8.48. The highest BCUT2D eigenvalue weighted by molar-refractivity contribution is 7.93. The molecular formula is C27H24ClN5O5S4. The molecule has 1 unspecified atom stereocenters. The molecule has 5 rings (SSSR count). The average Bonchev–Trinajstić information content (AvgIpc) is 3.68. The third kappa shape index (κ3) is 8.59. The van der Waals surface area contributed by atoms with E-state index in [0.717, 1.165) is 0 Å². The minimum atomic E-state index is -3.56. The first-order valence-corrected chi connectivity index (χ1v) is 17.4. The number of halogens is 1. The monoisotopic (exact) mass is 661 g/mol. The zero-order chi connectivity index (χ0) is 30.2. The van der Waals surface area contributed by atoms with Crippen molar-refractivity contribution in [3.8, 4) is 0 Å². The van der Waals surface area contributed by atoms with Gasteiger partial charge in [0.15, 0.2) is 15.0 Å². The maximum atomic E-state index is 12.4. The van der Waals surface area contributed by atoms with Crippen molar-refractivity contribution < 1.29 is 21.6 Å². The molecule has 5 aromatic rings. The zero-order valence-corrected chi connectivity index (χ0v) is 25.6. The first-order chi connectivity index (χ1) is 20.0. The van der Waals surface area contributed by atoms with E-state index < -0.39 is 25.2 Å². The Kier molecular flexibility index (Phi) is 10.3. The largest absolute Gasteiger partial charge is 0.399 e. The molecule has 0 saturated carbocycles. The summed E-state index contributed by atoms with van der Waals surface area (Å²) in [5, 5.41) is 6.17. The van der Waals surface area contributed by atoms with Gasteiger partial charge in [0.25, 0.3) is 10.0 Å². The topological polar surface area (TPSA) is 161 Å². The SMILES string of the molecule is Nc1ccc(S(=O)(=O)Nc2nccs2)cc1.O=C(Nc1ccc(S(=O)(=O)Cc2nccs2)cc1)C(Cl)c1ccccc1. The quantitative estimate of drug-likeness (QED) is 0.137. The Morgan fingerprint density at radius 3 is 2.05 bits per heavy atom. The predicted molar refractivity (Wildman–Crippen MR) is 167 cm³/mol. The molecule has 0 saturated heterocycles. The molecule has 2 heterocycles. The Morgan fingerprint density at radius 1 is 0.833 bits per heavy atom. The number of nitrogens with one attached hydrogen (secondary N) is 2. The number of sulfonamides is 1. The fraction of sp³-hybridized carbons (Fsp3) is 0.0741. The smallest absolute Gasteiger partial charge is 0.263 e. The van der Waals surface area contributed by atoms with Crippen molar-refractivity contribution in [2.45, 2.75) is 20.9 Å². The van der Waals surface area contributed by atoms with Crippen LogP contribution in [-0.2, 0) is 30.4 Å². The van der Waals surface area contributed by atoms with Crippen LogP contribution in [0.4, 0.5) is 16.5 Å². The number of nitrogens with zero attached hydrogens (tertiary/aromatic N) is 2. The van der Waals surface area contributed by atoms with E-state index in [1.165, 1.54) is 65.3 Å². The van der Waals surface area contributed by atoms with Gasteiger partial charge < -0.3 is 11.1 Å². The maximum Gasteiger partial charge on any atom is 0.263 e. The third-order valence-electron chi connectivity index (χ3n) is 5.44. The number of nitrogens with two attached hydrogens (primary N) is 1. The van der Waals surface area contributed by atoms with Crippen molar-refractivity contribution in [1.82, 2.24) is 9.97 Å². The van der Waals surface area contributed by atoms with E-state index >= 15 is 0 Å². The summed E-state index contributed by atoms with van der Waals surface area (Å²) in [6.45, 7) is 0. The van der Waals surface area contributed by atoms with Crippen molar-refractivity contribution >= 4 is 76.5 Å². The molecule has 1 amide bonds. The van der Waals surface area contributed by atoms with Crippen LogP contribution in [-0.4, -0.2) is 32.7 Å². The average molecular weight is 662 g/mol. The molecule has 42 heavy (non-hydrogen) atoms. The van der Waals surface area contributed by atoms with Gasteiger partial charge in [-0.25, -0.2) is 26.8 Å². The van der Waals surface area contributed by atoms with Crippen LogP contribution in [0, 0.1) is 0 Å². The zero-order valence-electron chi connectivity index (χ0n) is 21.6. The van der Waals surface area contributed by atoms with Crippen molar-refractivity contribution in [1.29, 1.82) is 0 Å². The van der Waals surface area contributed by atoms with Crippen LogP contribution in [0.3, 0.4) is 0 Å². The number of benzene rings is 3. The third-order valence-corrected chi connectivity index (χ3v) is 10.7. The summed E-state index contributed by atoms with van der Waals surface area (Å²) in [5.74, 6) is -0.523. The molecule has 1 atom stereocenters. The standard InChI is InChI=1S/C18H15ClN2O3S2.C9H9N3O2S2/c19-17(13-4-2-1-3-5-13)18(22)21-14-6-8-15(9-7-14)26(23,24)12-16-20-10-11-25-16;10-7-1-3-8(4-2-7)16(13,14)12-9-11-5-6-15-9/h1-11,17H,12H2,(H,21,22);1-6H,10H2,(H,11,12). The number of hydrogen-bond acceptors (Lipinski definition) is 10. The molecule has 0 aliphatic heterocycles. The minimum absolute atomic E-state index is 0.145. The lowest BCUT2D eigenvalue weighted by Gasteiger charge is -2.11. The number of carbonyl (C=O) groups excluding carboxylic acids is 1. The molecular weight excluding hydrogens is 638 g/mol. The van der Waals surface area contributed by atoms with Gasteiger partial charge in [0.2, 0.25) is 5.91 Å². The first-order valence-electron chi connectivity index (χ1n) is 12.0. The van der Waals surface area contributed by atoms with Crippen LogP contribution >= 0.6 is 34.3 Å². The minimum Gasteiger partial charge on any atom is -0.399 e. The van der Waals surface area contributed by atoms with Crippen LogP contribution in [0.2, 0.25) is 0 Å². The summed E-state index contributed by atoms with van der Waals surface area (Å²) in [7, 11) is -7.04. The van der Waals surface area contributed by atoms with Gasteiger partial charge in [0.05, 0.1) is 9.79 Å². The number of anilines is 3. The normalized spacial score (nSPS) is 12.0. The van der Waals surface area contributed by atoms with Gasteiger partial charge in [0.1, 0.15) is 16.1 Å². The van der Waals surface area contributed by atoms with Gasteiger partial charge in [-0.3, -0.25) is 9.52 Å². The Bertz CT molecular complexity index is 1800. The Labute approximate surface area is 256 Å². The Balaban J connectivity index is 0.000000216. The fourth-order valence-corrected chi connectivity index (χ4v) is 7.63. The number of amides is 1. The second-order valence-corrected chi connectivity index (χ2v) is 14.5. The number of aromatic nitrogens is 2. The predicted octanol–water partition coefficient (Wildman–Crippen LogP) is 5.56. The van der Waals surface area contributed by atoms with E-state index in [-0.39, 0.29) is 21.5 Å². The fourth-order valence-electron chi connectivity index (χ4n) is 3.39. The Hall–Kier alpha value is -3.82. The van der Waals surface area contributed by atoms with Crippen LogP contribution in [0.25, 0.3) is 0 Å². The number of alkyl halides is 1. The first kappa shape index (κ1) is 31.1. The van der Waals surface area contributed by atoms with Gasteiger partial charge in [-0.15, -0.1) is 34.3 Å². The van der Waals surface area contributed by atoms with Crippen LogP contribution in [0.5, 0.6) is 0 Å². The van der Waals surface area contributed by atoms with Crippen molar-refractivity contribution in [3.05, 3.63) is 113 Å². The van der Waals surface area contributed by atoms with Crippen LogP contribution in [0.1, 0.15) is 15.9 Å². The van der Waals surface area contributed by atoms with Crippen molar-refractivity contribution in [2.24, 2.45) is 0 Å². The number of nitrogen functional groups attached to an aromatic ring is 1. The van der Waals surface area contributed by atoms with E-state index in [4.69, 9.17) is 17.3 Å². The molecule has 0 aliphatic carbocycles. The number of sulfone groups is 1. The molecule has 15 heteroatoms. The number of hydrogen-bond donors (Lipinski definition) is 3. The lowest BCUT2D eigenvalue weighted by Crippen LogP contribution is -2.17. The van der Waals surface area contributed by atoms with Crippen molar-refractivity contribution in [3.63, 3.8) is 0 Å². The highest BCUT2D eigenvalue weighted by Gasteiger charge is 2.19. The van der Waals surface area contributed by atoms with E-state index in [0.29, 0.717) is 27.1 Å². The summed E-state index contributed by atoms with van der Waals surface area (Å²) < 4.78 is 50.8. The summed E-state index contributed by atoms with van der Waals surface area (Å²) in [6.07, 6.45) is 3.11. The van der Waals surface area contributed by atoms with E-state index in [1.807, 2.05) is 6.07 Å². The summed E-state index contributed by atoms with van der Waals surface area (Å²) in [4.78, 5) is 20.4. The number of thiazole rings is 2. The van der Waals surface area contributed by atoms with Gasteiger partial charge in [-0.1, -0.05) is 30.3 Å². The van der Waals surface area contributed by atoms with Gasteiger partial charge in [-0.2, -0.15) is 0 Å². The molecule has 0 aliphatic rings. The molecule has 4 N–H and O–H groups in total. The molecule has 0 radical (unpaired) electrons. The molecule has 0 fully saturated rings. The van der Waals surface area contributed by atoms with Crippen LogP contribution < -0.4 is 15.8 Å². The lowest BCUT2D eigenvalue weighted by molar-refractivity contribution is -0.116. The van der Waals surface area contributed by atoms with E-state index in [2.05, 4.69) is 20.0 Å². The van der Waals surface area contributed by atoms with Crippen molar-refractivity contribution in [2.75, 3.05) is 15.8 Å². The highest BCUT2D eigenvalue weighted by Crippen LogP contribution is 2.24. The molecule has 3 aromatic carbocycles. The number of carbonyl (C=O) groups is 1. The molecule has 218 valence electrons. The van der Waals surface area contributed by atoms with Gasteiger partial charge in [-0.05, 0) is 54.1 Å². The van der Waals surface area contributed by atoms with Crippen LogP contribution in [0.15, 0.2) is 112 Å². The molecule has 2 aromatic heterocycles. The van der Waals surface area contributed by atoms with Gasteiger partial charge >= 0.3 is 0 Å². The summed E-state index contributed by atoms with van der Waals surface area (Å²) in [5.41, 5.74) is 7.17. The van der Waals surface area contributed by atoms with E-state index in [9.17, 15) is 21.6 Å².